The minimum Gasteiger partial charge on any atom is -0.481 e. The van der Waals surface area contributed by atoms with E-state index in [4.69, 9.17) is 0 Å². The molecule has 2 N–H and O–H groups in total. The first-order valence-electron chi connectivity index (χ1n) is 8.33. The van der Waals surface area contributed by atoms with Crippen LogP contribution in [0.2, 0.25) is 0 Å². The Morgan fingerprint density at radius 3 is 1.76 bits per heavy atom. The molecule has 2 aliphatic carbocycles. The Hall–Kier alpha value is -2.88. The SMILES string of the molecule is O=C(O)C1C=C2CC(c3ccccc3)(c3ccccc3)C1C2C(=O)O. The second-order valence-corrected chi connectivity index (χ2v) is 6.83. The second-order valence-electron chi connectivity index (χ2n) is 6.83. The lowest BCUT2D eigenvalue weighted by molar-refractivity contribution is -0.145. The number of benzene rings is 2. The molecule has 3 unspecified atom stereocenters. The van der Waals surface area contributed by atoms with Crippen LogP contribution in [0.15, 0.2) is 72.3 Å². The summed E-state index contributed by atoms with van der Waals surface area (Å²) in [5.74, 6) is -3.95. The van der Waals surface area contributed by atoms with E-state index in [1.54, 1.807) is 6.08 Å². The molecule has 1 fully saturated rings. The van der Waals surface area contributed by atoms with E-state index in [2.05, 4.69) is 0 Å². The molecule has 0 spiro atoms. The van der Waals surface area contributed by atoms with E-state index in [-0.39, 0.29) is 0 Å². The number of hydrogen-bond acceptors (Lipinski definition) is 2. The quantitative estimate of drug-likeness (QED) is 0.841. The van der Waals surface area contributed by atoms with Crippen LogP contribution in [0.25, 0.3) is 0 Å². The molecule has 0 saturated heterocycles. The maximum atomic E-state index is 11.9. The van der Waals surface area contributed by atoms with Crippen LogP contribution in [0.3, 0.4) is 0 Å². The highest BCUT2D eigenvalue weighted by Crippen LogP contribution is 2.62. The lowest BCUT2D eigenvalue weighted by Gasteiger charge is -2.40. The van der Waals surface area contributed by atoms with Gasteiger partial charge in [0, 0.05) is 11.3 Å². The Balaban J connectivity index is 1.99. The van der Waals surface area contributed by atoms with Crippen LogP contribution in [0.5, 0.6) is 0 Å². The fraction of sp³-hybridized carbons (Fsp3) is 0.238. The lowest BCUT2D eigenvalue weighted by atomic mass is 9.61. The maximum absolute atomic E-state index is 11.9. The van der Waals surface area contributed by atoms with Gasteiger partial charge in [-0.1, -0.05) is 72.3 Å². The maximum Gasteiger partial charge on any atom is 0.310 e. The summed E-state index contributed by atoms with van der Waals surface area (Å²) < 4.78 is 0. The van der Waals surface area contributed by atoms with Crippen molar-refractivity contribution in [1.29, 1.82) is 0 Å². The van der Waals surface area contributed by atoms with Crippen LogP contribution in [-0.4, -0.2) is 22.2 Å². The molecule has 4 heteroatoms. The van der Waals surface area contributed by atoms with Crippen molar-refractivity contribution in [2.45, 2.75) is 11.8 Å². The van der Waals surface area contributed by atoms with Crippen LogP contribution in [0.4, 0.5) is 0 Å². The van der Waals surface area contributed by atoms with Crippen molar-refractivity contribution in [2.75, 3.05) is 0 Å². The fourth-order valence-electron chi connectivity index (χ4n) is 4.84. The average molecular weight is 334 g/mol. The van der Waals surface area contributed by atoms with Gasteiger partial charge in [0.25, 0.3) is 0 Å². The highest BCUT2D eigenvalue weighted by molar-refractivity contribution is 5.83. The molecule has 2 aromatic rings. The van der Waals surface area contributed by atoms with Gasteiger partial charge in [0.15, 0.2) is 0 Å². The van der Waals surface area contributed by atoms with E-state index in [9.17, 15) is 19.8 Å². The molecule has 0 heterocycles. The van der Waals surface area contributed by atoms with Crippen molar-refractivity contribution in [1.82, 2.24) is 0 Å². The van der Waals surface area contributed by atoms with Crippen LogP contribution >= 0.6 is 0 Å². The number of carbonyl (C=O) groups is 2. The van der Waals surface area contributed by atoms with Gasteiger partial charge in [-0.25, -0.2) is 0 Å². The summed E-state index contributed by atoms with van der Waals surface area (Å²) in [6, 6.07) is 19.4. The summed E-state index contributed by atoms with van der Waals surface area (Å²) in [5, 5.41) is 19.5. The summed E-state index contributed by atoms with van der Waals surface area (Å²) in [6.45, 7) is 0. The summed E-state index contributed by atoms with van der Waals surface area (Å²) in [5.41, 5.74) is 2.06. The lowest BCUT2D eigenvalue weighted by Crippen LogP contribution is -2.42. The fourth-order valence-corrected chi connectivity index (χ4v) is 4.84. The minimum absolute atomic E-state index is 0.526. The van der Waals surface area contributed by atoms with E-state index in [1.807, 2.05) is 60.7 Å². The molecule has 126 valence electrons. The second kappa shape index (κ2) is 5.59. The summed E-state index contributed by atoms with van der Waals surface area (Å²) in [6.07, 6.45) is 2.21. The Bertz CT molecular complexity index is 814. The monoisotopic (exact) mass is 334 g/mol. The number of carboxylic acids is 2. The van der Waals surface area contributed by atoms with E-state index in [0.29, 0.717) is 6.42 Å². The van der Waals surface area contributed by atoms with Crippen molar-refractivity contribution in [3.63, 3.8) is 0 Å². The Morgan fingerprint density at radius 1 is 0.840 bits per heavy atom. The van der Waals surface area contributed by atoms with Crippen molar-refractivity contribution >= 4 is 11.9 Å². The van der Waals surface area contributed by atoms with Crippen molar-refractivity contribution in [2.24, 2.45) is 17.8 Å². The molecule has 0 radical (unpaired) electrons. The van der Waals surface area contributed by atoms with Gasteiger partial charge in [0.1, 0.15) is 0 Å². The Labute approximate surface area is 145 Å². The van der Waals surface area contributed by atoms with Gasteiger partial charge >= 0.3 is 11.9 Å². The molecule has 2 aromatic carbocycles. The summed E-state index contributed by atoms with van der Waals surface area (Å²) in [4.78, 5) is 23.8. The molecule has 2 aliphatic rings. The van der Waals surface area contributed by atoms with Crippen molar-refractivity contribution < 1.29 is 19.8 Å². The molecule has 0 amide bonds. The minimum atomic E-state index is -0.956. The molecular weight excluding hydrogens is 316 g/mol. The largest absolute Gasteiger partial charge is 0.481 e. The van der Waals surface area contributed by atoms with E-state index in [0.717, 1.165) is 16.7 Å². The zero-order chi connectivity index (χ0) is 17.6. The van der Waals surface area contributed by atoms with Crippen molar-refractivity contribution in [3.05, 3.63) is 83.4 Å². The van der Waals surface area contributed by atoms with Gasteiger partial charge in [0.2, 0.25) is 0 Å². The molecule has 2 bridgehead atoms. The van der Waals surface area contributed by atoms with Crippen LogP contribution < -0.4 is 0 Å². The Kier molecular flexibility index (Phi) is 3.49. The van der Waals surface area contributed by atoms with Crippen LogP contribution in [0.1, 0.15) is 17.5 Å². The Morgan fingerprint density at radius 2 is 1.36 bits per heavy atom. The van der Waals surface area contributed by atoms with Crippen LogP contribution in [-0.2, 0) is 15.0 Å². The first-order chi connectivity index (χ1) is 12.1. The first-order valence-corrected chi connectivity index (χ1v) is 8.33. The molecule has 25 heavy (non-hydrogen) atoms. The zero-order valence-corrected chi connectivity index (χ0v) is 13.5. The molecule has 4 nitrogen and oxygen atoms in total. The third-order valence-electron chi connectivity index (χ3n) is 5.72. The van der Waals surface area contributed by atoms with Gasteiger partial charge in [-0.2, -0.15) is 0 Å². The third kappa shape index (κ3) is 2.14. The predicted octanol–water partition coefficient (Wildman–Crippen LogP) is 3.33. The number of rotatable bonds is 4. The van der Waals surface area contributed by atoms with Crippen LogP contribution in [0, 0.1) is 17.8 Å². The molecule has 0 aliphatic heterocycles. The molecule has 1 saturated carbocycles. The van der Waals surface area contributed by atoms with Gasteiger partial charge in [0.05, 0.1) is 11.8 Å². The van der Waals surface area contributed by atoms with E-state index < -0.39 is 35.1 Å². The average Bonchev–Trinajstić information content (AvgIpc) is 3.17. The number of carboxylic acid groups (broad SMARTS) is 2. The topological polar surface area (TPSA) is 74.6 Å². The smallest absolute Gasteiger partial charge is 0.310 e. The number of fused-ring (bicyclic) bond motifs is 2. The highest BCUT2D eigenvalue weighted by atomic mass is 16.4. The number of aliphatic carboxylic acids is 2. The van der Waals surface area contributed by atoms with Gasteiger partial charge in [-0.3, -0.25) is 9.59 Å². The van der Waals surface area contributed by atoms with Gasteiger partial charge < -0.3 is 10.2 Å². The molecule has 3 atom stereocenters. The summed E-state index contributed by atoms with van der Waals surface area (Å²) in [7, 11) is 0. The first kappa shape index (κ1) is 15.6. The van der Waals surface area contributed by atoms with E-state index in [1.165, 1.54) is 0 Å². The number of hydrogen-bond donors (Lipinski definition) is 2. The van der Waals surface area contributed by atoms with E-state index >= 15 is 0 Å². The normalized spacial score (nSPS) is 26.2. The standard InChI is InChI=1S/C21H18O4/c22-19(23)16-11-13-12-21(14-7-3-1-4-8-14,15-9-5-2-6-10-15)18(16)17(13)20(24)25/h1-11,16-18H,12H2,(H,22,23)(H,24,25). The summed E-state index contributed by atoms with van der Waals surface area (Å²) >= 11 is 0. The molecular formula is C21H18O4. The highest BCUT2D eigenvalue weighted by Gasteiger charge is 2.62. The van der Waals surface area contributed by atoms with Gasteiger partial charge in [-0.05, 0) is 17.5 Å². The van der Waals surface area contributed by atoms with Crippen molar-refractivity contribution in [3.8, 4) is 0 Å². The zero-order valence-electron chi connectivity index (χ0n) is 13.5. The molecule has 0 aromatic heterocycles. The van der Waals surface area contributed by atoms with Gasteiger partial charge in [-0.15, -0.1) is 0 Å². The molecule has 4 rings (SSSR count). The third-order valence-corrected chi connectivity index (χ3v) is 5.72. The predicted molar refractivity (Wildman–Crippen MR) is 92.1 cm³/mol.